The number of unbranched alkanes of at least 4 members (excludes halogenated alkanes) is 4. The van der Waals surface area contributed by atoms with Gasteiger partial charge in [0.25, 0.3) is 0 Å². The minimum Gasteiger partial charge on any atom is -0.493 e. The lowest BCUT2D eigenvalue weighted by Crippen LogP contribution is -2.29. The van der Waals surface area contributed by atoms with Gasteiger partial charge in [-0.3, -0.25) is 4.79 Å². The Kier molecular flexibility index (Phi) is 15.6. The first-order valence-corrected chi connectivity index (χ1v) is 22.1. The molecule has 0 amide bonds. The number of carboxylic acids is 1. The Labute approximate surface area is 334 Å². The average Bonchev–Trinajstić information content (AvgIpc) is 3.65. The normalized spacial score (nSPS) is 27.4. The summed E-state index contributed by atoms with van der Waals surface area (Å²) < 4.78 is 18.2. The molecule has 0 heterocycles. The molecule has 4 aliphatic rings. The zero-order valence-corrected chi connectivity index (χ0v) is 33.9. The molecule has 6 rings (SSSR count). The molecule has 10 atom stereocenters. The third-order valence-corrected chi connectivity index (χ3v) is 13.8. The molecule has 310 valence electrons. The van der Waals surface area contributed by atoms with Crippen LogP contribution < -0.4 is 9.47 Å². The molecule has 2 saturated carbocycles. The van der Waals surface area contributed by atoms with Gasteiger partial charge >= 0.3 is 11.9 Å². The first-order valence-electron chi connectivity index (χ1n) is 22.1. The topological polar surface area (TPSA) is 143 Å². The van der Waals surface area contributed by atoms with Crippen LogP contribution in [0.2, 0.25) is 0 Å². The second-order valence-corrected chi connectivity index (χ2v) is 17.6. The maximum absolute atomic E-state index is 13.4. The van der Waals surface area contributed by atoms with E-state index in [0.29, 0.717) is 30.1 Å². The van der Waals surface area contributed by atoms with Gasteiger partial charge in [-0.1, -0.05) is 70.2 Å². The molecule has 0 aliphatic heterocycles. The standard InChI is InChI=1S/C47H68O9/c1-3-5-7-13-34(48)17-19-36-38-24-31-12-10-16-45(41(31)26-33(38)27-42(36)49)55-29-47(53)56-35(14-8-6-4-2)18-20-37-39-23-30-11-9-15-44(54-22-21-46(51)52)40(30)25-32(39)28-43(37)50/h9-12,15-16,32-39,42-43,48-50H,3-8,13-14,17-29H2,1-2H3,(H,51,52)/t32-,33-,34+,35-,36+,37+,38-,39-,42+,43+/m0/s1. The number of hydrogen-bond acceptors (Lipinski definition) is 8. The maximum Gasteiger partial charge on any atom is 0.344 e. The van der Waals surface area contributed by atoms with Crippen molar-refractivity contribution in [2.45, 2.75) is 160 Å². The predicted molar refractivity (Wildman–Crippen MR) is 216 cm³/mol. The highest BCUT2D eigenvalue weighted by Crippen LogP contribution is 2.50. The van der Waals surface area contributed by atoms with Crippen LogP contribution in [0.15, 0.2) is 36.4 Å². The summed E-state index contributed by atoms with van der Waals surface area (Å²) in [5.74, 6) is 2.00. The zero-order valence-electron chi connectivity index (χ0n) is 33.9. The lowest BCUT2D eigenvalue weighted by atomic mass is 9.73. The molecule has 0 unspecified atom stereocenters. The number of aliphatic carboxylic acids is 1. The highest BCUT2D eigenvalue weighted by molar-refractivity contribution is 5.71. The van der Waals surface area contributed by atoms with Crippen LogP contribution >= 0.6 is 0 Å². The molecule has 2 aromatic rings. The number of aliphatic hydroxyl groups excluding tert-OH is 3. The number of carboxylic acid groups (broad SMARTS) is 1. The Hall–Kier alpha value is -3.14. The van der Waals surface area contributed by atoms with E-state index < -0.39 is 12.1 Å². The third-order valence-electron chi connectivity index (χ3n) is 13.8. The Morgan fingerprint density at radius 2 is 1.27 bits per heavy atom. The number of ether oxygens (including phenoxy) is 3. The second kappa shape index (κ2) is 20.5. The lowest BCUT2D eigenvalue weighted by Gasteiger charge is -2.33. The van der Waals surface area contributed by atoms with Crippen LogP contribution in [0.5, 0.6) is 11.5 Å². The first-order chi connectivity index (χ1) is 27.1. The molecule has 0 radical (unpaired) electrons. The number of carbonyl (C=O) groups excluding carboxylic acids is 1. The zero-order chi connectivity index (χ0) is 39.6. The van der Waals surface area contributed by atoms with Crippen LogP contribution in [-0.4, -0.2) is 70.0 Å². The molecule has 2 aromatic carbocycles. The quantitative estimate of drug-likeness (QED) is 0.0691. The number of hydrogen-bond donors (Lipinski definition) is 4. The first kappa shape index (κ1) is 42.5. The van der Waals surface area contributed by atoms with Gasteiger partial charge in [0.15, 0.2) is 6.61 Å². The smallest absolute Gasteiger partial charge is 0.344 e. The van der Waals surface area contributed by atoms with E-state index in [9.17, 15) is 24.9 Å². The molecule has 9 heteroatoms. The van der Waals surface area contributed by atoms with E-state index in [1.807, 2.05) is 24.3 Å². The van der Waals surface area contributed by atoms with Crippen molar-refractivity contribution in [3.8, 4) is 11.5 Å². The van der Waals surface area contributed by atoms with E-state index in [1.165, 1.54) is 11.1 Å². The van der Waals surface area contributed by atoms with Crippen molar-refractivity contribution in [3.63, 3.8) is 0 Å². The van der Waals surface area contributed by atoms with Gasteiger partial charge in [0.2, 0.25) is 0 Å². The molecule has 0 bridgehead atoms. The molecule has 4 aliphatic carbocycles. The van der Waals surface area contributed by atoms with Crippen molar-refractivity contribution < 1.29 is 44.2 Å². The summed E-state index contributed by atoms with van der Waals surface area (Å²) in [5.41, 5.74) is 4.74. The fourth-order valence-corrected chi connectivity index (χ4v) is 10.9. The molecule has 4 N–H and O–H groups in total. The number of fused-ring (bicyclic) bond motifs is 4. The van der Waals surface area contributed by atoms with Gasteiger partial charge in [0.1, 0.15) is 17.6 Å². The number of aliphatic hydroxyl groups is 3. The van der Waals surface area contributed by atoms with Crippen molar-refractivity contribution in [1.82, 2.24) is 0 Å². The Balaban J connectivity index is 1.02. The van der Waals surface area contributed by atoms with Crippen LogP contribution in [0.25, 0.3) is 0 Å². The number of carbonyl (C=O) groups is 2. The van der Waals surface area contributed by atoms with E-state index in [2.05, 4.69) is 26.0 Å². The monoisotopic (exact) mass is 776 g/mol. The van der Waals surface area contributed by atoms with Gasteiger partial charge in [0, 0.05) is 0 Å². The minimum atomic E-state index is -0.878. The highest BCUT2D eigenvalue weighted by atomic mass is 16.6. The van der Waals surface area contributed by atoms with Crippen molar-refractivity contribution in [2.75, 3.05) is 13.2 Å². The molecule has 0 spiro atoms. The van der Waals surface area contributed by atoms with Crippen molar-refractivity contribution in [1.29, 1.82) is 0 Å². The molecule has 0 aromatic heterocycles. The second-order valence-electron chi connectivity index (χ2n) is 17.6. The molecular formula is C47H68O9. The number of rotatable bonds is 22. The van der Waals surface area contributed by atoms with E-state index in [-0.39, 0.29) is 55.8 Å². The summed E-state index contributed by atoms with van der Waals surface area (Å²) in [6.07, 6.45) is 14.8. The molecule has 56 heavy (non-hydrogen) atoms. The van der Waals surface area contributed by atoms with Crippen LogP contribution in [-0.2, 0) is 40.0 Å². The van der Waals surface area contributed by atoms with Gasteiger partial charge in [-0.15, -0.1) is 0 Å². The van der Waals surface area contributed by atoms with Gasteiger partial charge < -0.3 is 34.6 Å². The lowest BCUT2D eigenvalue weighted by molar-refractivity contribution is -0.152. The Morgan fingerprint density at radius 3 is 1.84 bits per heavy atom. The molecule has 2 fully saturated rings. The summed E-state index contributed by atoms with van der Waals surface area (Å²) in [7, 11) is 0. The third kappa shape index (κ3) is 10.9. The largest absolute Gasteiger partial charge is 0.493 e. The van der Waals surface area contributed by atoms with Gasteiger partial charge in [0.05, 0.1) is 31.3 Å². The maximum atomic E-state index is 13.4. The molecule has 9 nitrogen and oxygen atoms in total. The summed E-state index contributed by atoms with van der Waals surface area (Å²) >= 11 is 0. The highest BCUT2D eigenvalue weighted by Gasteiger charge is 2.46. The van der Waals surface area contributed by atoms with Gasteiger partial charge in [-0.25, -0.2) is 4.79 Å². The van der Waals surface area contributed by atoms with Crippen molar-refractivity contribution in [3.05, 3.63) is 58.7 Å². The summed E-state index contributed by atoms with van der Waals surface area (Å²) in [4.78, 5) is 24.4. The van der Waals surface area contributed by atoms with Crippen LogP contribution in [0.1, 0.15) is 132 Å². The fourth-order valence-electron chi connectivity index (χ4n) is 10.9. The Bertz CT molecular complexity index is 1570. The summed E-state index contributed by atoms with van der Waals surface area (Å²) in [6, 6.07) is 12.1. The van der Waals surface area contributed by atoms with Crippen LogP contribution in [0.4, 0.5) is 0 Å². The minimum absolute atomic E-state index is 0.0409. The summed E-state index contributed by atoms with van der Waals surface area (Å²) in [5, 5.41) is 42.0. The fraction of sp³-hybridized carbons (Fsp3) is 0.702. The van der Waals surface area contributed by atoms with E-state index >= 15 is 0 Å². The van der Waals surface area contributed by atoms with Crippen LogP contribution in [0.3, 0.4) is 0 Å². The number of benzene rings is 2. The van der Waals surface area contributed by atoms with Crippen LogP contribution in [0, 0.1) is 35.5 Å². The van der Waals surface area contributed by atoms with Crippen molar-refractivity contribution >= 4 is 11.9 Å². The van der Waals surface area contributed by atoms with Gasteiger partial charge in [-0.2, -0.15) is 0 Å². The SMILES string of the molecule is CCCCC[C@@H](O)CC[C@@H]1[C@H]2Cc3cccc(OCC(=O)O[C@@H](CCCCC)CC[C@@H]4[C@H]5Cc6cccc(OCCC(=O)O)c6C[C@H]5C[C@H]4O)c3C[C@H]2C[C@H]1O. The average molecular weight is 777 g/mol. The summed E-state index contributed by atoms with van der Waals surface area (Å²) in [6.45, 7) is 4.33. The van der Waals surface area contributed by atoms with E-state index in [0.717, 1.165) is 132 Å². The predicted octanol–water partition coefficient (Wildman–Crippen LogP) is 8.04. The Morgan fingerprint density at radius 1 is 0.714 bits per heavy atom. The molecular weight excluding hydrogens is 709 g/mol. The number of esters is 1. The van der Waals surface area contributed by atoms with Gasteiger partial charge in [-0.05, 0) is 153 Å². The van der Waals surface area contributed by atoms with E-state index in [1.54, 1.807) is 0 Å². The van der Waals surface area contributed by atoms with Crippen molar-refractivity contribution in [2.24, 2.45) is 35.5 Å². The molecule has 0 saturated heterocycles. The van der Waals surface area contributed by atoms with E-state index in [4.69, 9.17) is 19.3 Å².